The second kappa shape index (κ2) is 4.04. The topological polar surface area (TPSA) is 56.2 Å². The Labute approximate surface area is 91.8 Å². The van der Waals surface area contributed by atoms with Crippen LogP contribution in [0.1, 0.15) is 17.0 Å². The summed E-state index contributed by atoms with van der Waals surface area (Å²) in [5.74, 6) is 0.230. The molecule has 0 saturated carbocycles. The minimum Gasteiger partial charge on any atom is -0.451 e. The number of para-hydroxylation sites is 1. The number of Topliss-reactive ketones (excluding diaryl/α,β-unsaturated/α-hetero) is 1. The van der Waals surface area contributed by atoms with Crippen LogP contribution in [0.2, 0.25) is 5.02 Å². The zero-order valence-corrected chi connectivity index (χ0v) is 8.75. The van der Waals surface area contributed by atoms with Crippen LogP contribution < -0.4 is 5.73 Å². The molecule has 0 aliphatic rings. The van der Waals surface area contributed by atoms with E-state index in [2.05, 4.69) is 0 Å². The number of nitrogens with two attached hydrogens (primary N) is 1. The Morgan fingerprint density at radius 1 is 1.47 bits per heavy atom. The molecule has 3 nitrogen and oxygen atoms in total. The number of hydrogen-bond donors (Lipinski definition) is 1. The minimum atomic E-state index is -0.0928. The first kappa shape index (κ1) is 10.2. The molecule has 0 bridgehead atoms. The molecule has 1 aromatic carbocycles. The van der Waals surface area contributed by atoms with Gasteiger partial charge in [-0.05, 0) is 18.7 Å². The minimum absolute atomic E-state index is 0.0928. The summed E-state index contributed by atoms with van der Waals surface area (Å²) in [6, 6.07) is 7.09. The van der Waals surface area contributed by atoms with Gasteiger partial charge < -0.3 is 10.2 Å². The number of fused-ring (bicyclic) bond motifs is 1. The zero-order chi connectivity index (χ0) is 10.8. The van der Waals surface area contributed by atoms with Crippen molar-refractivity contribution < 1.29 is 9.21 Å². The molecule has 0 atom stereocenters. The second-order valence-electron chi connectivity index (χ2n) is 3.23. The Morgan fingerprint density at radius 2 is 2.27 bits per heavy atom. The summed E-state index contributed by atoms with van der Waals surface area (Å²) < 4.78 is 5.38. The number of furan rings is 1. The van der Waals surface area contributed by atoms with Gasteiger partial charge in [-0.25, -0.2) is 0 Å². The van der Waals surface area contributed by atoms with Gasteiger partial charge >= 0.3 is 0 Å². The molecule has 0 fully saturated rings. The summed E-state index contributed by atoms with van der Waals surface area (Å²) in [7, 11) is 0. The van der Waals surface area contributed by atoms with Crippen molar-refractivity contribution in [3.63, 3.8) is 0 Å². The molecule has 15 heavy (non-hydrogen) atoms. The van der Waals surface area contributed by atoms with Crippen molar-refractivity contribution in [2.24, 2.45) is 5.73 Å². The van der Waals surface area contributed by atoms with Crippen LogP contribution in [-0.4, -0.2) is 12.3 Å². The number of halogens is 1. The van der Waals surface area contributed by atoms with Gasteiger partial charge in [0.1, 0.15) is 0 Å². The van der Waals surface area contributed by atoms with Gasteiger partial charge in [-0.1, -0.05) is 23.7 Å². The van der Waals surface area contributed by atoms with Gasteiger partial charge in [-0.3, -0.25) is 4.79 Å². The van der Waals surface area contributed by atoms with Crippen molar-refractivity contribution in [1.82, 2.24) is 0 Å². The fourth-order valence-electron chi connectivity index (χ4n) is 1.42. The molecule has 78 valence electrons. The fourth-order valence-corrected chi connectivity index (χ4v) is 1.64. The first-order valence-electron chi connectivity index (χ1n) is 4.63. The van der Waals surface area contributed by atoms with Crippen molar-refractivity contribution in [3.8, 4) is 0 Å². The van der Waals surface area contributed by atoms with Crippen LogP contribution in [0.5, 0.6) is 0 Å². The monoisotopic (exact) mass is 223 g/mol. The van der Waals surface area contributed by atoms with Crippen molar-refractivity contribution in [2.45, 2.75) is 6.42 Å². The van der Waals surface area contributed by atoms with E-state index in [9.17, 15) is 4.79 Å². The second-order valence-corrected chi connectivity index (χ2v) is 3.64. The Morgan fingerprint density at radius 3 is 2.93 bits per heavy atom. The number of benzene rings is 1. The largest absolute Gasteiger partial charge is 0.451 e. The highest BCUT2D eigenvalue weighted by atomic mass is 35.5. The molecule has 0 saturated heterocycles. The predicted octanol–water partition coefficient (Wildman–Crippen LogP) is 2.62. The molecular weight excluding hydrogens is 214 g/mol. The molecule has 0 amide bonds. The van der Waals surface area contributed by atoms with E-state index in [1.807, 2.05) is 12.1 Å². The summed E-state index contributed by atoms with van der Waals surface area (Å²) in [5.41, 5.74) is 5.86. The molecule has 0 unspecified atom stereocenters. The number of carbonyl (C=O) groups excluding carboxylic acids is 1. The summed E-state index contributed by atoms with van der Waals surface area (Å²) in [6.07, 6.45) is 0.289. The van der Waals surface area contributed by atoms with E-state index >= 15 is 0 Å². The average molecular weight is 224 g/mol. The van der Waals surface area contributed by atoms with Gasteiger partial charge in [0, 0.05) is 11.8 Å². The summed E-state index contributed by atoms with van der Waals surface area (Å²) >= 11 is 5.92. The lowest BCUT2D eigenvalue weighted by Crippen LogP contribution is -2.06. The molecule has 0 spiro atoms. The summed E-state index contributed by atoms with van der Waals surface area (Å²) in [4.78, 5) is 11.5. The lowest BCUT2D eigenvalue weighted by atomic mass is 10.2. The quantitative estimate of drug-likeness (QED) is 0.814. The molecule has 0 aliphatic heterocycles. The normalized spacial score (nSPS) is 10.8. The van der Waals surface area contributed by atoms with Gasteiger partial charge in [-0.2, -0.15) is 0 Å². The average Bonchev–Trinajstić information content (AvgIpc) is 2.63. The SMILES string of the molecule is NCCC(=O)c1cc2cccc(Cl)c2o1. The molecule has 2 N–H and O–H groups in total. The van der Waals surface area contributed by atoms with Gasteiger partial charge in [0.25, 0.3) is 0 Å². The van der Waals surface area contributed by atoms with Crippen LogP contribution in [0.25, 0.3) is 11.0 Å². The number of carbonyl (C=O) groups is 1. The maximum Gasteiger partial charge on any atom is 0.199 e. The van der Waals surface area contributed by atoms with Crippen molar-refractivity contribution in [3.05, 3.63) is 35.0 Å². The third kappa shape index (κ3) is 1.89. The highest BCUT2D eigenvalue weighted by Gasteiger charge is 2.12. The Hall–Kier alpha value is -1.32. The van der Waals surface area contributed by atoms with Crippen LogP contribution in [0.4, 0.5) is 0 Å². The first-order valence-corrected chi connectivity index (χ1v) is 5.01. The lowest BCUT2D eigenvalue weighted by Gasteiger charge is -1.92. The first-order chi connectivity index (χ1) is 7.22. The standard InChI is InChI=1S/C11H10ClNO2/c12-8-3-1-2-7-6-10(15-11(7)8)9(14)4-5-13/h1-3,6H,4-5,13H2. The molecule has 0 aliphatic carbocycles. The summed E-state index contributed by atoms with van der Waals surface area (Å²) in [6.45, 7) is 0.323. The number of rotatable bonds is 3. The van der Waals surface area contributed by atoms with Crippen molar-refractivity contribution >= 4 is 28.4 Å². The molecule has 2 rings (SSSR count). The van der Waals surface area contributed by atoms with Gasteiger partial charge in [0.2, 0.25) is 0 Å². The Balaban J connectivity index is 2.47. The van der Waals surface area contributed by atoms with E-state index < -0.39 is 0 Å². The molecule has 1 aromatic heterocycles. The third-order valence-electron chi connectivity index (χ3n) is 2.14. The Bertz CT molecular complexity index is 504. The highest BCUT2D eigenvalue weighted by Crippen LogP contribution is 2.26. The van der Waals surface area contributed by atoms with E-state index in [-0.39, 0.29) is 12.2 Å². The zero-order valence-electron chi connectivity index (χ0n) is 8.00. The van der Waals surface area contributed by atoms with E-state index in [1.165, 1.54) is 0 Å². The van der Waals surface area contributed by atoms with E-state index in [1.54, 1.807) is 12.1 Å². The van der Waals surface area contributed by atoms with Crippen LogP contribution in [0.15, 0.2) is 28.7 Å². The molecule has 0 radical (unpaired) electrons. The molecular formula is C11H10ClNO2. The molecule has 1 heterocycles. The maximum atomic E-state index is 11.5. The van der Waals surface area contributed by atoms with E-state index in [0.29, 0.717) is 22.9 Å². The maximum absolute atomic E-state index is 11.5. The van der Waals surface area contributed by atoms with Crippen LogP contribution >= 0.6 is 11.6 Å². The van der Waals surface area contributed by atoms with Crippen molar-refractivity contribution in [1.29, 1.82) is 0 Å². The Kier molecular flexibility index (Phi) is 2.75. The lowest BCUT2D eigenvalue weighted by molar-refractivity contribution is 0.0961. The fraction of sp³-hybridized carbons (Fsp3) is 0.182. The van der Waals surface area contributed by atoms with E-state index in [0.717, 1.165) is 5.39 Å². The molecule has 4 heteroatoms. The van der Waals surface area contributed by atoms with Gasteiger partial charge in [-0.15, -0.1) is 0 Å². The van der Waals surface area contributed by atoms with E-state index in [4.69, 9.17) is 21.8 Å². The van der Waals surface area contributed by atoms with Gasteiger partial charge in [0.05, 0.1) is 5.02 Å². The van der Waals surface area contributed by atoms with Crippen LogP contribution in [0.3, 0.4) is 0 Å². The number of hydrogen-bond acceptors (Lipinski definition) is 3. The van der Waals surface area contributed by atoms with Crippen molar-refractivity contribution in [2.75, 3.05) is 6.54 Å². The summed E-state index contributed by atoms with van der Waals surface area (Å²) in [5, 5.41) is 1.35. The molecule has 2 aromatic rings. The smallest absolute Gasteiger partial charge is 0.199 e. The van der Waals surface area contributed by atoms with Gasteiger partial charge in [0.15, 0.2) is 17.1 Å². The van der Waals surface area contributed by atoms with Crippen LogP contribution in [0, 0.1) is 0 Å². The number of ketones is 1. The third-order valence-corrected chi connectivity index (χ3v) is 2.44. The predicted molar refractivity (Wildman–Crippen MR) is 59.2 cm³/mol. The van der Waals surface area contributed by atoms with Crippen LogP contribution in [-0.2, 0) is 0 Å². The highest BCUT2D eigenvalue weighted by molar-refractivity contribution is 6.34.